The molecule has 0 radical (unpaired) electrons. The summed E-state index contributed by atoms with van der Waals surface area (Å²) in [7, 11) is 2.19. The van der Waals surface area contributed by atoms with Crippen LogP contribution in [0.4, 0.5) is 5.69 Å². The minimum absolute atomic E-state index is 0. The van der Waals surface area contributed by atoms with Crippen molar-refractivity contribution in [1.29, 1.82) is 0 Å². The van der Waals surface area contributed by atoms with Crippen LogP contribution in [0.2, 0.25) is 0 Å². The summed E-state index contributed by atoms with van der Waals surface area (Å²) >= 11 is 0. The Balaban J connectivity index is 0.00000363. The molecule has 3 rings (SSSR count). The lowest BCUT2D eigenvalue weighted by Gasteiger charge is -2.32. The third-order valence-corrected chi connectivity index (χ3v) is 5.41. The average molecular weight is 424 g/mol. The Kier molecular flexibility index (Phi) is 8.62. The van der Waals surface area contributed by atoms with Gasteiger partial charge in [0, 0.05) is 65.2 Å². The number of anilines is 1. The Hall–Kier alpha value is -2.70. The zero-order valence-corrected chi connectivity index (χ0v) is 19.3. The first kappa shape index (κ1) is 23.0. The van der Waals surface area contributed by atoms with Gasteiger partial charge in [-0.25, -0.2) is 9.98 Å². The van der Waals surface area contributed by atoms with Crippen LogP contribution in [-0.4, -0.2) is 61.8 Å². The lowest BCUT2D eigenvalue weighted by molar-refractivity contribution is 0.148. The number of rotatable bonds is 7. The van der Waals surface area contributed by atoms with E-state index in [1.807, 2.05) is 26.8 Å². The van der Waals surface area contributed by atoms with Gasteiger partial charge < -0.3 is 15.0 Å². The van der Waals surface area contributed by atoms with Crippen LogP contribution in [0, 0.1) is 6.92 Å². The number of aliphatic imine (C=N–C) groups is 2. The molecule has 0 bridgehead atoms. The Labute approximate surface area is 188 Å². The number of benzene rings is 2. The fourth-order valence-corrected chi connectivity index (χ4v) is 3.57. The molecule has 31 heavy (non-hydrogen) atoms. The molecule has 168 valence electrons. The predicted molar refractivity (Wildman–Crippen MR) is 133 cm³/mol. The van der Waals surface area contributed by atoms with Crippen molar-refractivity contribution in [2.75, 3.05) is 45.1 Å². The molecule has 0 aromatic heterocycles. The molecule has 0 amide bonds. The number of hydrogen-bond donors (Lipinski definition) is 1. The van der Waals surface area contributed by atoms with E-state index in [0.29, 0.717) is 12.6 Å². The van der Waals surface area contributed by atoms with Gasteiger partial charge in [0.05, 0.1) is 0 Å². The number of aryl methyl sites for hydroxylation is 1. The Morgan fingerprint density at radius 3 is 2.65 bits per heavy atom. The largest absolute Gasteiger partial charge is 0.424 e. The smallest absolute Gasteiger partial charge is 0.316 e. The summed E-state index contributed by atoms with van der Waals surface area (Å²) in [5.41, 5.74) is 4.71. The van der Waals surface area contributed by atoms with E-state index >= 15 is 0 Å². The van der Waals surface area contributed by atoms with Crippen LogP contribution >= 0.6 is 0 Å². The first-order chi connectivity index (χ1) is 15.1. The quantitative estimate of drug-likeness (QED) is 0.528. The molecule has 2 aromatic rings. The van der Waals surface area contributed by atoms with E-state index in [-0.39, 0.29) is 1.43 Å². The van der Waals surface area contributed by atoms with Crippen molar-refractivity contribution in [2.45, 2.75) is 33.9 Å². The second kappa shape index (κ2) is 11.6. The molecule has 6 nitrogen and oxygen atoms in total. The maximum atomic E-state index is 5.93. The first-order valence-electron chi connectivity index (χ1n) is 11.1. The monoisotopic (exact) mass is 423 g/mol. The van der Waals surface area contributed by atoms with E-state index < -0.39 is 0 Å². The van der Waals surface area contributed by atoms with E-state index in [0.717, 1.165) is 56.3 Å². The van der Waals surface area contributed by atoms with Gasteiger partial charge in [0.2, 0.25) is 0 Å². The maximum Gasteiger partial charge on any atom is 0.316 e. The molecule has 0 unspecified atom stereocenters. The highest BCUT2D eigenvalue weighted by atomic mass is 16.5. The van der Waals surface area contributed by atoms with Crippen LogP contribution in [0.1, 0.15) is 32.0 Å². The zero-order valence-electron chi connectivity index (χ0n) is 19.3. The van der Waals surface area contributed by atoms with Gasteiger partial charge in [-0.3, -0.25) is 4.90 Å². The molecular weight excluding hydrogens is 386 g/mol. The van der Waals surface area contributed by atoms with Gasteiger partial charge in [-0.05, 0) is 50.6 Å². The number of nitrogens with zero attached hydrogens (tertiary/aromatic N) is 4. The van der Waals surface area contributed by atoms with Gasteiger partial charge in [-0.15, -0.1) is 0 Å². The maximum absolute atomic E-state index is 5.93. The minimum atomic E-state index is 0. The van der Waals surface area contributed by atoms with Crippen LogP contribution < -0.4 is 10.1 Å². The van der Waals surface area contributed by atoms with Gasteiger partial charge >= 0.3 is 6.02 Å². The van der Waals surface area contributed by atoms with Crippen molar-refractivity contribution in [2.24, 2.45) is 9.98 Å². The summed E-state index contributed by atoms with van der Waals surface area (Å²) in [5.74, 6) is 0.770. The van der Waals surface area contributed by atoms with Crippen molar-refractivity contribution in [3.8, 4) is 5.75 Å². The highest BCUT2D eigenvalue weighted by Gasteiger charge is 2.14. The molecule has 1 aliphatic heterocycles. The van der Waals surface area contributed by atoms with Crippen molar-refractivity contribution in [3.63, 3.8) is 0 Å². The fraction of sp³-hybridized carbons (Fsp3) is 0.440. The zero-order chi connectivity index (χ0) is 22.1. The Morgan fingerprint density at radius 2 is 1.90 bits per heavy atom. The topological polar surface area (TPSA) is 52.5 Å². The summed E-state index contributed by atoms with van der Waals surface area (Å²) in [5, 5.41) is 3.52. The summed E-state index contributed by atoms with van der Waals surface area (Å²) in [6.45, 7) is 12.8. The Morgan fingerprint density at radius 1 is 1.13 bits per heavy atom. The third-order valence-electron chi connectivity index (χ3n) is 5.41. The molecule has 6 heteroatoms. The Bertz CT molecular complexity index is 907. The average Bonchev–Trinajstić information content (AvgIpc) is 2.76. The number of hydrogen-bond acceptors (Lipinski definition) is 5. The van der Waals surface area contributed by atoms with Crippen molar-refractivity contribution >= 4 is 17.9 Å². The standard InChI is InChI=1S/C25H35N5O.H2/c1-5-26-25(27-6-2)31-24-17-23(11-10-20(24)3)28-18-21-8-7-9-22(16-21)19-30-14-12-29(4)13-15-30;/h5,7-11,16-17,28H,6,12-15,18-19H2,1-4H3;1H/b26-5-,27-25?;. The molecule has 2 aromatic carbocycles. The molecule has 1 N–H and O–H groups in total. The molecule has 0 saturated carbocycles. The van der Waals surface area contributed by atoms with Crippen LogP contribution in [0.25, 0.3) is 0 Å². The van der Waals surface area contributed by atoms with Crippen LogP contribution in [0.3, 0.4) is 0 Å². The summed E-state index contributed by atoms with van der Waals surface area (Å²) < 4.78 is 5.93. The first-order valence-corrected chi connectivity index (χ1v) is 11.1. The summed E-state index contributed by atoms with van der Waals surface area (Å²) in [6, 6.07) is 15.4. The summed E-state index contributed by atoms with van der Waals surface area (Å²) in [6.07, 6.45) is 1.70. The van der Waals surface area contributed by atoms with Crippen LogP contribution in [0.5, 0.6) is 5.75 Å². The highest BCUT2D eigenvalue weighted by molar-refractivity contribution is 5.84. The van der Waals surface area contributed by atoms with Crippen LogP contribution in [-0.2, 0) is 13.1 Å². The number of piperazine rings is 1. The third kappa shape index (κ3) is 7.19. The number of ether oxygens (including phenoxy) is 1. The van der Waals surface area contributed by atoms with E-state index in [4.69, 9.17) is 4.74 Å². The second-order valence-electron chi connectivity index (χ2n) is 7.98. The molecule has 0 atom stereocenters. The lowest BCUT2D eigenvalue weighted by Crippen LogP contribution is -2.43. The SMILES string of the molecule is C/C=N\C(=NCC)Oc1cc(NCc2cccc(CN3CCN(C)CC3)c2)ccc1C.[HH]. The van der Waals surface area contributed by atoms with Crippen molar-refractivity contribution in [1.82, 2.24) is 9.80 Å². The predicted octanol–water partition coefficient (Wildman–Crippen LogP) is 4.45. The van der Waals surface area contributed by atoms with Crippen molar-refractivity contribution < 1.29 is 6.16 Å². The molecule has 0 spiro atoms. The molecule has 1 saturated heterocycles. The minimum Gasteiger partial charge on any atom is -0.424 e. The van der Waals surface area contributed by atoms with E-state index in [1.165, 1.54) is 11.1 Å². The van der Waals surface area contributed by atoms with Gasteiger partial charge in [0.1, 0.15) is 5.75 Å². The summed E-state index contributed by atoms with van der Waals surface area (Å²) in [4.78, 5) is 13.4. The molecular formula is C25H37N5O. The van der Waals surface area contributed by atoms with Gasteiger partial charge in [-0.2, -0.15) is 0 Å². The second-order valence-corrected chi connectivity index (χ2v) is 7.98. The molecule has 1 heterocycles. The number of likely N-dealkylation sites (N-methyl/N-ethyl adjacent to an activating group) is 1. The normalized spacial score (nSPS) is 16.1. The highest BCUT2D eigenvalue weighted by Crippen LogP contribution is 2.24. The molecule has 1 fully saturated rings. The molecule has 1 aliphatic rings. The lowest BCUT2D eigenvalue weighted by atomic mass is 10.1. The van der Waals surface area contributed by atoms with E-state index in [1.54, 1.807) is 6.21 Å². The fourth-order valence-electron chi connectivity index (χ4n) is 3.57. The number of nitrogens with one attached hydrogen (secondary N) is 1. The van der Waals surface area contributed by atoms with E-state index in [9.17, 15) is 0 Å². The van der Waals surface area contributed by atoms with Gasteiger partial charge in [-0.1, -0.05) is 30.3 Å². The number of amidine groups is 1. The molecule has 0 aliphatic carbocycles. The van der Waals surface area contributed by atoms with E-state index in [2.05, 4.69) is 68.5 Å². The van der Waals surface area contributed by atoms with Gasteiger partial charge in [0.15, 0.2) is 0 Å². The van der Waals surface area contributed by atoms with Crippen molar-refractivity contribution in [3.05, 3.63) is 59.2 Å². The van der Waals surface area contributed by atoms with Gasteiger partial charge in [0.25, 0.3) is 0 Å². The van der Waals surface area contributed by atoms with Crippen LogP contribution in [0.15, 0.2) is 52.4 Å².